The van der Waals surface area contributed by atoms with Crippen molar-refractivity contribution < 1.29 is 19.1 Å². The van der Waals surface area contributed by atoms with Crippen LogP contribution in [0.15, 0.2) is 72.8 Å². The molecule has 1 aliphatic rings. The molecule has 2 atom stereocenters. The summed E-state index contributed by atoms with van der Waals surface area (Å²) in [6.07, 6.45) is 0.779. The third-order valence-corrected chi connectivity index (χ3v) is 8.76. The average Bonchev–Trinajstić information content (AvgIpc) is 3.34. The van der Waals surface area contributed by atoms with Gasteiger partial charge in [-0.1, -0.05) is 48.9 Å². The second kappa shape index (κ2) is 12.9. The van der Waals surface area contributed by atoms with E-state index < -0.39 is 0 Å². The Labute approximate surface area is 255 Å². The Bertz CT molecular complexity index is 1570. The van der Waals surface area contributed by atoms with Gasteiger partial charge in [0.2, 0.25) is 11.8 Å². The van der Waals surface area contributed by atoms with Crippen LogP contribution in [0.5, 0.6) is 11.5 Å². The lowest BCUT2D eigenvalue weighted by molar-refractivity contribution is -0.123. The number of ether oxygens (including phenoxy) is 2. The minimum absolute atomic E-state index is 0.0223. The van der Waals surface area contributed by atoms with Gasteiger partial charge in [0, 0.05) is 27.8 Å². The van der Waals surface area contributed by atoms with E-state index in [-0.39, 0.29) is 35.4 Å². The molecule has 1 N–H and O–H groups in total. The zero-order valence-corrected chi connectivity index (χ0v) is 25.5. The number of nitrogens with zero attached hydrogens (tertiary/aromatic N) is 3. The summed E-state index contributed by atoms with van der Waals surface area (Å²) in [7, 11) is 3.25. The summed E-state index contributed by atoms with van der Waals surface area (Å²) < 4.78 is 12.9. The number of fused-ring (bicyclic) bond motifs is 1. The number of hydrogen-bond donors (Lipinski definition) is 1. The molecule has 0 radical (unpaired) electrons. The van der Waals surface area contributed by atoms with Crippen LogP contribution in [0.1, 0.15) is 36.6 Å². The third kappa shape index (κ3) is 5.98. The van der Waals surface area contributed by atoms with Crippen molar-refractivity contribution in [3.63, 3.8) is 0 Å². The molecule has 5 rings (SSSR count). The van der Waals surface area contributed by atoms with Crippen molar-refractivity contribution in [3.8, 4) is 28.4 Å². The Kier molecular flexibility index (Phi) is 9.09. The number of aromatic nitrogens is 2. The molecule has 4 aromatic rings. The second-order valence-corrected chi connectivity index (χ2v) is 11.5. The van der Waals surface area contributed by atoms with E-state index in [4.69, 9.17) is 26.2 Å². The number of carbonyl (C=O) groups excluding carboxylic acids is 2. The molecule has 0 saturated carbocycles. The van der Waals surface area contributed by atoms with Crippen molar-refractivity contribution in [3.05, 3.63) is 88.9 Å². The summed E-state index contributed by atoms with van der Waals surface area (Å²) in [5.74, 6) is 1.68. The largest absolute Gasteiger partial charge is 0.497 e. The SMILES string of the molecule is CC[C@@H](C)NC(=O)CN1C(=O)CS[C@H](c2ccccc2OC)c2c(-c3ccc(Cl)cc3)nn(-c3ccc(OC)cc3)c21. The highest BCUT2D eigenvalue weighted by atomic mass is 35.5. The number of benzene rings is 3. The van der Waals surface area contributed by atoms with Crippen molar-refractivity contribution >= 4 is 41.0 Å². The minimum Gasteiger partial charge on any atom is -0.497 e. The monoisotopic (exact) mass is 604 g/mol. The molecule has 0 unspecified atom stereocenters. The minimum atomic E-state index is -0.319. The lowest BCUT2D eigenvalue weighted by Crippen LogP contribution is -2.44. The Hall–Kier alpha value is -3.95. The molecule has 2 heterocycles. The molecule has 0 spiro atoms. The Balaban J connectivity index is 1.80. The van der Waals surface area contributed by atoms with Gasteiger partial charge in [-0.3, -0.25) is 14.5 Å². The van der Waals surface area contributed by atoms with Gasteiger partial charge in [0.1, 0.15) is 23.9 Å². The predicted molar refractivity (Wildman–Crippen MR) is 168 cm³/mol. The summed E-state index contributed by atoms with van der Waals surface area (Å²) in [5, 5.41) is 8.41. The zero-order chi connectivity index (χ0) is 29.8. The van der Waals surface area contributed by atoms with Crippen molar-refractivity contribution in [2.75, 3.05) is 31.4 Å². The number of methoxy groups -OCH3 is 2. The molecule has 0 aliphatic carbocycles. The Morgan fingerprint density at radius 3 is 2.45 bits per heavy atom. The summed E-state index contributed by atoms with van der Waals surface area (Å²) in [6, 6.07) is 22.7. The fourth-order valence-corrected chi connectivity index (χ4v) is 6.29. The topological polar surface area (TPSA) is 85.7 Å². The van der Waals surface area contributed by atoms with Gasteiger partial charge in [-0.05, 0) is 55.8 Å². The van der Waals surface area contributed by atoms with Gasteiger partial charge in [-0.15, -0.1) is 11.8 Å². The first kappa shape index (κ1) is 29.5. The van der Waals surface area contributed by atoms with E-state index in [1.807, 2.05) is 86.6 Å². The van der Waals surface area contributed by atoms with E-state index in [9.17, 15) is 9.59 Å². The van der Waals surface area contributed by atoms with Gasteiger partial charge < -0.3 is 14.8 Å². The molecule has 1 aromatic heterocycles. The van der Waals surface area contributed by atoms with Crippen molar-refractivity contribution in [2.24, 2.45) is 0 Å². The van der Waals surface area contributed by atoms with Crippen LogP contribution >= 0.6 is 23.4 Å². The van der Waals surface area contributed by atoms with E-state index in [2.05, 4.69) is 5.32 Å². The van der Waals surface area contributed by atoms with Crippen LogP contribution < -0.4 is 19.7 Å². The highest BCUT2D eigenvalue weighted by Gasteiger charge is 2.38. The normalized spacial score (nSPS) is 15.5. The molecule has 2 amide bonds. The molecule has 42 heavy (non-hydrogen) atoms. The summed E-state index contributed by atoms with van der Waals surface area (Å²) in [5.41, 5.74) is 3.96. The molecule has 10 heteroatoms. The van der Waals surface area contributed by atoms with E-state index in [0.29, 0.717) is 28.0 Å². The van der Waals surface area contributed by atoms with Gasteiger partial charge in [-0.2, -0.15) is 5.10 Å². The average molecular weight is 605 g/mol. The van der Waals surface area contributed by atoms with E-state index in [1.54, 1.807) is 23.8 Å². The van der Waals surface area contributed by atoms with Crippen molar-refractivity contribution in [1.82, 2.24) is 15.1 Å². The first-order valence-electron chi connectivity index (χ1n) is 13.7. The molecule has 0 saturated heterocycles. The molecule has 0 fully saturated rings. The molecular formula is C32H33ClN4O4S. The number of hydrogen-bond acceptors (Lipinski definition) is 6. The standard InChI is InChI=1S/C32H33ClN4O4S/c1-5-20(2)34-27(38)18-36-28(39)19-42-31(25-8-6-7-9-26(25)41-4)29-30(21-10-12-22(33)13-11-21)35-37(32(29)36)23-14-16-24(40-3)17-15-23/h6-17,20,31H,5,18-19H2,1-4H3,(H,34,38)/t20-,31-/m1/s1. The van der Waals surface area contributed by atoms with Crippen molar-refractivity contribution in [2.45, 2.75) is 31.6 Å². The number of para-hydroxylation sites is 1. The molecule has 3 aromatic carbocycles. The third-order valence-electron chi connectivity index (χ3n) is 7.27. The lowest BCUT2D eigenvalue weighted by atomic mass is 9.99. The van der Waals surface area contributed by atoms with E-state index in [1.165, 1.54) is 11.8 Å². The van der Waals surface area contributed by atoms with Gasteiger partial charge in [0.15, 0.2) is 0 Å². The smallest absolute Gasteiger partial charge is 0.240 e. The molecule has 218 valence electrons. The number of amides is 2. The molecule has 0 bridgehead atoms. The van der Waals surface area contributed by atoms with Gasteiger partial charge in [-0.25, -0.2) is 4.68 Å². The lowest BCUT2D eigenvalue weighted by Gasteiger charge is -2.24. The number of rotatable bonds is 9. The molecule has 1 aliphatic heterocycles. The van der Waals surface area contributed by atoms with Gasteiger partial charge >= 0.3 is 0 Å². The predicted octanol–water partition coefficient (Wildman–Crippen LogP) is 6.29. The molecule has 8 nitrogen and oxygen atoms in total. The first-order chi connectivity index (χ1) is 20.3. The second-order valence-electron chi connectivity index (χ2n) is 9.99. The number of thioether (sulfide) groups is 1. The zero-order valence-electron chi connectivity index (χ0n) is 24.0. The van der Waals surface area contributed by atoms with Crippen LogP contribution in [0.25, 0.3) is 16.9 Å². The maximum absolute atomic E-state index is 13.9. The Morgan fingerprint density at radius 1 is 1.07 bits per heavy atom. The van der Waals surface area contributed by atoms with Crippen LogP contribution in [-0.4, -0.2) is 54.2 Å². The van der Waals surface area contributed by atoms with E-state index in [0.717, 1.165) is 28.8 Å². The van der Waals surface area contributed by atoms with Crippen LogP contribution in [0.3, 0.4) is 0 Å². The maximum atomic E-state index is 13.9. The summed E-state index contributed by atoms with van der Waals surface area (Å²) in [4.78, 5) is 28.7. The number of halogens is 1. The van der Waals surface area contributed by atoms with Crippen LogP contribution in [0, 0.1) is 0 Å². The van der Waals surface area contributed by atoms with Crippen LogP contribution in [0.4, 0.5) is 5.82 Å². The number of carbonyl (C=O) groups is 2. The highest BCUT2D eigenvalue weighted by Crippen LogP contribution is 2.50. The Morgan fingerprint density at radius 2 is 1.79 bits per heavy atom. The van der Waals surface area contributed by atoms with Crippen molar-refractivity contribution in [1.29, 1.82) is 0 Å². The highest BCUT2D eigenvalue weighted by molar-refractivity contribution is 8.00. The first-order valence-corrected chi connectivity index (χ1v) is 15.1. The fraction of sp³-hybridized carbons (Fsp3) is 0.281. The van der Waals surface area contributed by atoms with Crippen LogP contribution in [-0.2, 0) is 9.59 Å². The number of nitrogens with one attached hydrogen (secondary N) is 1. The quantitative estimate of drug-likeness (QED) is 0.242. The van der Waals surface area contributed by atoms with Gasteiger partial charge in [0.25, 0.3) is 0 Å². The maximum Gasteiger partial charge on any atom is 0.240 e. The number of anilines is 1. The van der Waals surface area contributed by atoms with Crippen LogP contribution in [0.2, 0.25) is 5.02 Å². The fourth-order valence-electron chi connectivity index (χ4n) is 4.94. The summed E-state index contributed by atoms with van der Waals surface area (Å²) >= 11 is 7.75. The molecular weight excluding hydrogens is 572 g/mol. The van der Waals surface area contributed by atoms with Gasteiger partial charge in [0.05, 0.1) is 36.6 Å². The van der Waals surface area contributed by atoms with E-state index >= 15 is 0 Å². The summed E-state index contributed by atoms with van der Waals surface area (Å²) in [6.45, 7) is 3.81.